The highest BCUT2D eigenvalue weighted by atomic mass is 16.5. The molecule has 1 aliphatic carbocycles. The fourth-order valence-corrected chi connectivity index (χ4v) is 4.13. The molecular weight excluding hydrogens is 310 g/mol. The molecule has 7 heteroatoms. The predicted molar refractivity (Wildman–Crippen MR) is 83.7 cm³/mol. The number of carbonyl (C=O) groups excluding carboxylic acids is 1. The molecule has 7 nitrogen and oxygen atoms in total. The summed E-state index contributed by atoms with van der Waals surface area (Å²) in [6.45, 7) is 0.467. The number of nitrogens with zero attached hydrogens (tertiary/aromatic N) is 3. The van der Waals surface area contributed by atoms with Crippen LogP contribution in [0.2, 0.25) is 0 Å². The Kier molecular flexibility index (Phi) is 4.10. The van der Waals surface area contributed by atoms with Crippen LogP contribution in [0, 0.1) is 5.92 Å². The smallest absolute Gasteiger partial charge is 0.323 e. The summed E-state index contributed by atoms with van der Waals surface area (Å²) in [7, 11) is 1.45. The molecule has 2 aliphatic rings. The molecule has 0 aromatic carbocycles. The molecule has 2 fully saturated rings. The number of hydrogen-bond acceptors (Lipinski definition) is 7. The van der Waals surface area contributed by atoms with E-state index in [0.29, 0.717) is 36.0 Å². The number of furan rings is 1. The van der Waals surface area contributed by atoms with E-state index in [-0.39, 0.29) is 12.0 Å². The van der Waals surface area contributed by atoms with Gasteiger partial charge < -0.3 is 13.7 Å². The molecule has 0 radical (unpaired) electrons. The lowest BCUT2D eigenvalue weighted by Crippen LogP contribution is -2.42. The quantitative estimate of drug-likeness (QED) is 0.797. The Morgan fingerprint density at radius 2 is 2.29 bits per heavy atom. The molecule has 2 aromatic heterocycles. The number of methoxy groups -OCH3 is 1. The number of esters is 1. The van der Waals surface area contributed by atoms with E-state index in [0.717, 1.165) is 12.8 Å². The van der Waals surface area contributed by atoms with Crippen molar-refractivity contribution >= 4 is 5.97 Å². The van der Waals surface area contributed by atoms with Gasteiger partial charge in [0.1, 0.15) is 6.04 Å². The Morgan fingerprint density at radius 1 is 1.42 bits per heavy atom. The van der Waals surface area contributed by atoms with E-state index in [1.807, 2.05) is 0 Å². The minimum absolute atomic E-state index is 0.171. The summed E-state index contributed by atoms with van der Waals surface area (Å²) in [5, 5.41) is 3.97. The highest BCUT2D eigenvalue weighted by molar-refractivity contribution is 5.76. The van der Waals surface area contributed by atoms with Crippen LogP contribution in [-0.2, 0) is 16.1 Å². The van der Waals surface area contributed by atoms with Gasteiger partial charge in [0.15, 0.2) is 5.76 Å². The Labute approximate surface area is 140 Å². The normalized spacial score (nSPS) is 27.1. The van der Waals surface area contributed by atoms with E-state index in [2.05, 4.69) is 15.0 Å². The van der Waals surface area contributed by atoms with Crippen LogP contribution in [0.4, 0.5) is 0 Å². The molecule has 1 saturated carbocycles. The highest BCUT2D eigenvalue weighted by Crippen LogP contribution is 2.40. The first-order chi connectivity index (χ1) is 11.8. The first kappa shape index (κ1) is 15.4. The monoisotopic (exact) mass is 331 g/mol. The van der Waals surface area contributed by atoms with Crippen LogP contribution in [0.1, 0.15) is 38.0 Å². The summed E-state index contributed by atoms with van der Waals surface area (Å²) in [6, 6.07) is 3.74. The van der Waals surface area contributed by atoms with Crippen LogP contribution in [0.3, 0.4) is 0 Å². The second-order valence-corrected chi connectivity index (χ2v) is 6.55. The van der Waals surface area contributed by atoms with Crippen LogP contribution >= 0.6 is 0 Å². The maximum Gasteiger partial charge on any atom is 0.323 e. The average molecular weight is 331 g/mol. The molecule has 3 atom stereocenters. The third-order valence-electron chi connectivity index (χ3n) is 5.22. The van der Waals surface area contributed by atoms with Gasteiger partial charge in [0.05, 0.1) is 19.9 Å². The Hall–Kier alpha value is -2.15. The zero-order valence-electron chi connectivity index (χ0n) is 13.7. The van der Waals surface area contributed by atoms with E-state index >= 15 is 0 Å². The average Bonchev–Trinajstić information content (AvgIpc) is 3.34. The largest absolute Gasteiger partial charge is 0.468 e. The maximum absolute atomic E-state index is 12.2. The van der Waals surface area contributed by atoms with Crippen LogP contribution in [-0.4, -0.2) is 40.2 Å². The number of aromatic nitrogens is 2. The SMILES string of the molecule is COC(=O)[C@@H]1C[C@@H]2CCCC[C@@H]2N1Cc1nc(-c2ccco2)no1. The number of hydrogen-bond donors (Lipinski definition) is 0. The first-order valence-corrected chi connectivity index (χ1v) is 8.46. The molecule has 2 aromatic rings. The fourth-order valence-electron chi connectivity index (χ4n) is 4.13. The number of ether oxygens (including phenoxy) is 1. The molecule has 0 spiro atoms. The van der Waals surface area contributed by atoms with Crippen molar-refractivity contribution in [2.45, 2.75) is 50.7 Å². The Balaban J connectivity index is 1.55. The molecule has 24 heavy (non-hydrogen) atoms. The standard InChI is InChI=1S/C17H21N3O4/c1-22-17(21)13-9-11-5-2-3-6-12(11)20(13)10-15-18-16(19-24-15)14-7-4-8-23-14/h4,7-8,11-13H,2-3,5-6,9-10H2,1H3/t11-,12-,13-/m0/s1. The fraction of sp³-hybridized carbons (Fsp3) is 0.588. The minimum Gasteiger partial charge on any atom is -0.468 e. The second-order valence-electron chi connectivity index (χ2n) is 6.55. The zero-order chi connectivity index (χ0) is 16.5. The first-order valence-electron chi connectivity index (χ1n) is 8.46. The van der Waals surface area contributed by atoms with Crippen molar-refractivity contribution in [1.82, 2.24) is 15.0 Å². The second kappa shape index (κ2) is 6.39. The molecule has 1 aliphatic heterocycles. The molecule has 0 amide bonds. The summed E-state index contributed by atoms with van der Waals surface area (Å²) >= 11 is 0. The topological polar surface area (TPSA) is 81.6 Å². The van der Waals surface area contributed by atoms with E-state index < -0.39 is 0 Å². The number of rotatable bonds is 4. The molecule has 0 unspecified atom stereocenters. The van der Waals surface area contributed by atoms with Crippen LogP contribution < -0.4 is 0 Å². The predicted octanol–water partition coefficient (Wildman–Crippen LogP) is 2.64. The molecule has 0 N–H and O–H groups in total. The van der Waals surface area contributed by atoms with Gasteiger partial charge in [0, 0.05) is 6.04 Å². The number of fused-ring (bicyclic) bond motifs is 1. The van der Waals surface area contributed by atoms with E-state index in [1.54, 1.807) is 18.4 Å². The summed E-state index contributed by atoms with van der Waals surface area (Å²) in [5.41, 5.74) is 0. The van der Waals surface area contributed by atoms with Crippen LogP contribution in [0.15, 0.2) is 27.3 Å². The summed E-state index contributed by atoms with van der Waals surface area (Å²) < 4.78 is 15.7. The van der Waals surface area contributed by atoms with E-state index in [1.165, 1.54) is 26.4 Å². The maximum atomic E-state index is 12.2. The summed E-state index contributed by atoms with van der Waals surface area (Å²) in [4.78, 5) is 18.8. The summed E-state index contributed by atoms with van der Waals surface area (Å²) in [5.74, 6) is 1.89. The van der Waals surface area contributed by atoms with Crippen molar-refractivity contribution in [3.63, 3.8) is 0 Å². The van der Waals surface area contributed by atoms with E-state index in [4.69, 9.17) is 13.7 Å². The zero-order valence-corrected chi connectivity index (χ0v) is 13.7. The van der Waals surface area contributed by atoms with Crippen LogP contribution in [0.25, 0.3) is 11.6 Å². The van der Waals surface area contributed by atoms with Gasteiger partial charge in [-0.2, -0.15) is 4.98 Å². The van der Waals surface area contributed by atoms with E-state index in [9.17, 15) is 4.79 Å². The third kappa shape index (κ3) is 2.73. The summed E-state index contributed by atoms with van der Waals surface area (Å²) in [6.07, 6.45) is 7.16. The lowest BCUT2D eigenvalue weighted by atomic mass is 9.85. The lowest BCUT2D eigenvalue weighted by molar-refractivity contribution is -0.146. The van der Waals surface area contributed by atoms with Crippen molar-refractivity contribution in [3.05, 3.63) is 24.3 Å². The van der Waals surface area contributed by atoms with Crippen molar-refractivity contribution in [2.75, 3.05) is 7.11 Å². The van der Waals surface area contributed by atoms with Gasteiger partial charge in [-0.1, -0.05) is 18.0 Å². The van der Waals surface area contributed by atoms with Crippen molar-refractivity contribution < 1.29 is 18.5 Å². The van der Waals surface area contributed by atoms with Gasteiger partial charge in [-0.3, -0.25) is 9.69 Å². The number of carbonyl (C=O) groups is 1. The van der Waals surface area contributed by atoms with Gasteiger partial charge in [-0.25, -0.2) is 0 Å². The lowest BCUT2D eigenvalue weighted by Gasteiger charge is -2.32. The van der Waals surface area contributed by atoms with Gasteiger partial charge in [-0.15, -0.1) is 0 Å². The van der Waals surface area contributed by atoms with Gasteiger partial charge in [-0.05, 0) is 37.3 Å². The molecule has 1 saturated heterocycles. The van der Waals surface area contributed by atoms with Gasteiger partial charge >= 0.3 is 5.97 Å². The Bertz CT molecular complexity index is 697. The molecule has 0 bridgehead atoms. The molecule has 128 valence electrons. The Morgan fingerprint density at radius 3 is 3.08 bits per heavy atom. The minimum atomic E-state index is -0.220. The van der Waals surface area contributed by atoms with Crippen LogP contribution in [0.5, 0.6) is 0 Å². The van der Waals surface area contributed by atoms with Crippen molar-refractivity contribution in [1.29, 1.82) is 0 Å². The molecule has 3 heterocycles. The number of likely N-dealkylation sites (tertiary alicyclic amines) is 1. The van der Waals surface area contributed by atoms with Crippen molar-refractivity contribution in [3.8, 4) is 11.6 Å². The highest BCUT2D eigenvalue weighted by Gasteiger charge is 2.46. The third-order valence-corrected chi connectivity index (χ3v) is 5.22. The van der Waals surface area contributed by atoms with Gasteiger partial charge in [0.2, 0.25) is 11.7 Å². The van der Waals surface area contributed by atoms with Crippen molar-refractivity contribution in [2.24, 2.45) is 5.92 Å². The van der Waals surface area contributed by atoms with Gasteiger partial charge in [0.25, 0.3) is 0 Å². The molecular formula is C17H21N3O4. The molecule has 4 rings (SSSR count).